The van der Waals surface area contributed by atoms with Gasteiger partial charge >= 0.3 is 0 Å². The number of hydrogen-bond acceptors (Lipinski definition) is 3. The number of benzene rings is 8. The number of fused-ring (bicyclic) bond motifs is 10. The molecule has 1 fully saturated rings. The molecule has 386 valence electrons. The molecule has 4 heterocycles. The molecule has 0 N–H and O–H groups in total. The summed E-state index contributed by atoms with van der Waals surface area (Å²) in [7, 11) is 0.922. The molecule has 0 amide bonds. The molecule has 8 aromatic carbocycles. The minimum atomic E-state index is -0.166. The molecule has 13 rings (SSSR count). The van der Waals surface area contributed by atoms with E-state index in [0.29, 0.717) is 0 Å². The number of nitrogens with zero attached hydrogens (tertiary/aromatic N) is 3. The van der Waals surface area contributed by atoms with E-state index in [9.17, 15) is 0 Å². The summed E-state index contributed by atoms with van der Waals surface area (Å²) in [5.74, 6) is 0. The Morgan fingerprint density at radius 2 is 1.01 bits per heavy atom. The molecule has 3 nitrogen and oxygen atoms in total. The third kappa shape index (κ3) is 7.59. The molecule has 2 atom stereocenters. The Balaban J connectivity index is 1.19. The smallest absolute Gasteiger partial charge is 0.252 e. The van der Waals surface area contributed by atoms with Crippen LogP contribution in [0.15, 0.2) is 158 Å². The minimum absolute atomic E-state index is 0.0325. The molecule has 4 aliphatic heterocycles. The van der Waals surface area contributed by atoms with E-state index in [2.05, 4.69) is 269 Å². The summed E-state index contributed by atoms with van der Waals surface area (Å²) in [5, 5.41) is 0. The van der Waals surface area contributed by atoms with Crippen LogP contribution in [0.1, 0.15) is 150 Å². The predicted molar refractivity (Wildman–Crippen MR) is 335 cm³/mol. The Bertz CT molecular complexity index is 3730. The highest BCUT2D eigenvalue weighted by Crippen LogP contribution is 2.62. The minimum Gasteiger partial charge on any atom is -0.334 e. The van der Waals surface area contributed by atoms with Crippen LogP contribution < -0.4 is 42.0 Å². The summed E-state index contributed by atoms with van der Waals surface area (Å²) in [6, 6.07) is 62.8. The van der Waals surface area contributed by atoms with E-state index in [1.807, 2.05) is 0 Å². The topological polar surface area (TPSA) is 9.72 Å². The molecule has 0 radical (unpaired) electrons. The average Bonchev–Trinajstić information content (AvgIpc) is 4.06. The summed E-state index contributed by atoms with van der Waals surface area (Å²) >= 11 is 0. The van der Waals surface area contributed by atoms with Gasteiger partial charge in [-0.2, -0.15) is 0 Å². The number of hydrogen-bond donors (Lipinski definition) is 0. The molecule has 5 heteroatoms. The van der Waals surface area contributed by atoms with Crippen molar-refractivity contribution in [3.8, 4) is 22.3 Å². The van der Waals surface area contributed by atoms with E-state index in [4.69, 9.17) is 0 Å². The third-order valence-electron chi connectivity index (χ3n) is 19.2. The van der Waals surface area contributed by atoms with Crippen molar-refractivity contribution in [3.63, 3.8) is 0 Å². The molecule has 0 spiro atoms. The Morgan fingerprint density at radius 1 is 0.416 bits per heavy atom. The molecule has 5 aliphatic rings. The van der Waals surface area contributed by atoms with E-state index >= 15 is 0 Å². The fraction of sp³-hybridized carbons (Fsp3) is 0.333. The first-order valence-corrected chi connectivity index (χ1v) is 28.9. The van der Waals surface area contributed by atoms with Gasteiger partial charge in [0.25, 0.3) is 6.71 Å². The zero-order chi connectivity index (χ0) is 53.9. The van der Waals surface area contributed by atoms with Gasteiger partial charge in [-0.05, 0) is 157 Å². The SMILES string of the molecule is CC(C)(C)c1cccc(N2c3cc(C(C)(C)C)ccc3B3c4cc5c(cc4N(c4ccc(C(C)(C)C)cc4-c4ccccc4)c4cc(N6c7ccc(C(C)(C)C)cc7C7(C)CCCCC67C)cc2c43)Bc2ccccc2-5)c1. The second-order valence-electron chi connectivity index (χ2n) is 28.2. The summed E-state index contributed by atoms with van der Waals surface area (Å²) in [6.45, 7) is 33.5. The van der Waals surface area contributed by atoms with Gasteiger partial charge in [-0.3, -0.25) is 0 Å². The van der Waals surface area contributed by atoms with Gasteiger partial charge in [0.15, 0.2) is 7.28 Å². The van der Waals surface area contributed by atoms with E-state index in [0.717, 1.165) is 13.7 Å². The van der Waals surface area contributed by atoms with Crippen molar-refractivity contribution in [1.29, 1.82) is 0 Å². The van der Waals surface area contributed by atoms with Crippen LogP contribution in [0.25, 0.3) is 22.3 Å². The molecule has 0 bridgehead atoms. The first kappa shape index (κ1) is 49.8. The van der Waals surface area contributed by atoms with Crippen molar-refractivity contribution < 1.29 is 0 Å². The second-order valence-corrected chi connectivity index (χ2v) is 28.2. The van der Waals surface area contributed by atoms with Gasteiger partial charge in [0.2, 0.25) is 0 Å². The number of anilines is 8. The van der Waals surface area contributed by atoms with Crippen LogP contribution >= 0.6 is 0 Å². The standard InChI is InChI=1S/C72H77B2N3/c1-67(2,3)46-25-22-26-50(37-46)75-62-40-49(70(10,11)12)29-32-58(62)74-59-43-54-52-27-18-19-28-56(52)73-57(54)44-63(59)76(60-33-30-47(68(4,5)6)38-53(60)45-23-16-15-17-24-45)65-42-51(41-64(75)66(65)74)77-61-34-31-48(69(7,8)9)39-55(61)71(13)35-20-21-36-72(71,77)14/h15-19,22-34,37-44,73H,20-21,35-36H2,1-14H3. The van der Waals surface area contributed by atoms with Gasteiger partial charge in [0.1, 0.15) is 0 Å². The van der Waals surface area contributed by atoms with Crippen molar-refractivity contribution in [1.82, 2.24) is 0 Å². The van der Waals surface area contributed by atoms with Gasteiger partial charge in [-0.25, -0.2) is 0 Å². The number of rotatable bonds is 4. The van der Waals surface area contributed by atoms with E-state index in [1.54, 1.807) is 0 Å². The van der Waals surface area contributed by atoms with Crippen LogP contribution in [0, 0.1) is 0 Å². The van der Waals surface area contributed by atoms with Crippen molar-refractivity contribution in [2.24, 2.45) is 0 Å². The zero-order valence-electron chi connectivity index (χ0n) is 48.5. The monoisotopic (exact) mass is 1010 g/mol. The molecule has 77 heavy (non-hydrogen) atoms. The lowest BCUT2D eigenvalue weighted by Gasteiger charge is -2.51. The van der Waals surface area contributed by atoms with Gasteiger partial charge in [-0.15, -0.1) is 0 Å². The van der Waals surface area contributed by atoms with Crippen LogP contribution in [0.5, 0.6) is 0 Å². The van der Waals surface area contributed by atoms with Gasteiger partial charge in [0, 0.05) is 50.8 Å². The maximum atomic E-state index is 2.85. The Morgan fingerprint density at radius 3 is 1.73 bits per heavy atom. The first-order chi connectivity index (χ1) is 36.4. The summed E-state index contributed by atoms with van der Waals surface area (Å²) in [4.78, 5) is 8.26. The molecule has 8 aromatic rings. The van der Waals surface area contributed by atoms with Gasteiger partial charge < -0.3 is 14.7 Å². The normalized spacial score (nSPS) is 19.2. The van der Waals surface area contributed by atoms with Crippen LogP contribution in [0.3, 0.4) is 0 Å². The summed E-state index contributed by atoms with van der Waals surface area (Å²) in [5.41, 5.74) is 28.8. The van der Waals surface area contributed by atoms with Gasteiger partial charge in [0.05, 0.1) is 11.2 Å². The highest BCUT2D eigenvalue weighted by Gasteiger charge is 2.58. The maximum Gasteiger partial charge on any atom is 0.252 e. The highest BCUT2D eigenvalue weighted by atomic mass is 15.3. The lowest BCUT2D eigenvalue weighted by atomic mass is 9.33. The molecular weight excluding hydrogens is 928 g/mol. The predicted octanol–water partition coefficient (Wildman–Crippen LogP) is 15.7. The Kier molecular flexibility index (Phi) is 10.9. The van der Waals surface area contributed by atoms with Crippen molar-refractivity contribution in [3.05, 3.63) is 186 Å². The molecule has 0 aromatic heterocycles. The molecule has 2 unspecified atom stereocenters. The molecule has 0 saturated heterocycles. The maximum absolute atomic E-state index is 2.85. The Hall–Kier alpha value is -6.71. The fourth-order valence-corrected chi connectivity index (χ4v) is 14.5. The van der Waals surface area contributed by atoms with E-state index in [-0.39, 0.29) is 39.3 Å². The molecule has 1 saturated carbocycles. The van der Waals surface area contributed by atoms with E-state index < -0.39 is 0 Å². The molecular formula is C72H77B2N3. The van der Waals surface area contributed by atoms with Crippen LogP contribution in [0.4, 0.5) is 45.5 Å². The highest BCUT2D eigenvalue weighted by molar-refractivity contribution is 7.00. The summed E-state index contributed by atoms with van der Waals surface area (Å²) in [6.07, 6.45) is 4.75. The third-order valence-corrected chi connectivity index (χ3v) is 19.2. The fourth-order valence-electron chi connectivity index (χ4n) is 14.5. The van der Waals surface area contributed by atoms with Crippen molar-refractivity contribution in [2.75, 3.05) is 14.7 Å². The molecule has 1 aliphatic carbocycles. The average molecular weight is 1010 g/mol. The van der Waals surface area contributed by atoms with Crippen molar-refractivity contribution in [2.45, 2.75) is 155 Å². The van der Waals surface area contributed by atoms with Gasteiger partial charge in [-0.1, -0.05) is 217 Å². The lowest BCUT2D eigenvalue weighted by Crippen LogP contribution is -2.62. The second kappa shape index (κ2) is 16.9. The quantitative estimate of drug-likeness (QED) is 0.163. The largest absolute Gasteiger partial charge is 0.334 e. The van der Waals surface area contributed by atoms with Crippen molar-refractivity contribution >= 4 is 86.8 Å². The first-order valence-electron chi connectivity index (χ1n) is 28.9. The van der Waals surface area contributed by atoms with Crippen LogP contribution in [-0.4, -0.2) is 19.5 Å². The zero-order valence-corrected chi connectivity index (χ0v) is 48.5. The lowest BCUT2D eigenvalue weighted by molar-refractivity contribution is 0.195. The van der Waals surface area contributed by atoms with E-state index in [1.165, 1.54) is 142 Å². The Labute approximate surface area is 462 Å². The summed E-state index contributed by atoms with van der Waals surface area (Å²) < 4.78 is 0. The van der Waals surface area contributed by atoms with Crippen LogP contribution in [0.2, 0.25) is 0 Å². The van der Waals surface area contributed by atoms with Crippen LogP contribution in [-0.2, 0) is 27.1 Å².